The van der Waals surface area contributed by atoms with Gasteiger partial charge in [-0.25, -0.2) is 0 Å². The Bertz CT molecular complexity index is 440. The fourth-order valence-corrected chi connectivity index (χ4v) is 3.23. The van der Waals surface area contributed by atoms with Crippen LogP contribution in [0.3, 0.4) is 0 Å². The van der Waals surface area contributed by atoms with Gasteiger partial charge in [0.15, 0.2) is 0 Å². The highest BCUT2D eigenvalue weighted by Crippen LogP contribution is 2.27. The van der Waals surface area contributed by atoms with Crippen LogP contribution in [0, 0.1) is 0 Å². The van der Waals surface area contributed by atoms with E-state index in [4.69, 9.17) is 18.0 Å². The lowest BCUT2D eigenvalue weighted by molar-refractivity contribution is 0.471. The molecule has 0 bridgehead atoms. The monoisotopic (exact) mass is 340 g/mol. The summed E-state index contributed by atoms with van der Waals surface area (Å²) >= 11 is 8.60. The number of nitrogens with two attached hydrogens (primary N) is 1. The van der Waals surface area contributed by atoms with Crippen LogP contribution in [0.5, 0.6) is 0 Å². The minimum absolute atomic E-state index is 0.443. The molecule has 1 aromatic rings. The molecule has 0 aromatic heterocycles. The predicted octanol–water partition coefficient (Wildman–Crippen LogP) is 4.61. The van der Waals surface area contributed by atoms with E-state index in [1.807, 2.05) is 12.1 Å². The van der Waals surface area contributed by atoms with Gasteiger partial charge in [0.1, 0.15) is 4.99 Å². The molecule has 0 heterocycles. The molecule has 1 aliphatic carbocycles. The van der Waals surface area contributed by atoms with E-state index in [0.717, 1.165) is 15.7 Å². The van der Waals surface area contributed by atoms with Crippen molar-refractivity contribution in [3.63, 3.8) is 0 Å². The molecule has 0 aliphatic heterocycles. The second-order valence-electron chi connectivity index (χ2n) is 5.25. The average Bonchev–Trinajstić information content (AvgIpc) is 2.34. The van der Waals surface area contributed by atoms with E-state index in [9.17, 15) is 0 Å². The number of anilines is 1. The van der Waals surface area contributed by atoms with Crippen LogP contribution in [0.25, 0.3) is 0 Å². The Balaban J connectivity index is 2.03. The van der Waals surface area contributed by atoms with Gasteiger partial charge >= 0.3 is 0 Å². The zero-order valence-corrected chi connectivity index (χ0v) is 13.5. The number of nitrogens with one attached hydrogen (secondary N) is 1. The number of hydrogen-bond acceptors (Lipinski definition) is 2. The van der Waals surface area contributed by atoms with Crippen molar-refractivity contribution < 1.29 is 0 Å². The predicted molar refractivity (Wildman–Crippen MR) is 89.8 cm³/mol. The minimum atomic E-state index is 0.443. The number of rotatable bonds is 3. The van der Waals surface area contributed by atoms with Gasteiger partial charge in [-0.05, 0) is 47.0 Å². The molecule has 0 saturated heterocycles. The van der Waals surface area contributed by atoms with Crippen LogP contribution in [0.4, 0.5) is 5.69 Å². The fourth-order valence-electron chi connectivity index (χ4n) is 2.61. The summed E-state index contributed by atoms with van der Waals surface area (Å²) in [5.41, 5.74) is 7.70. The molecule has 1 aliphatic rings. The SMILES string of the molecule is NC(=S)c1ccc(NC2CCCCCCC2)c(Br)c1. The highest BCUT2D eigenvalue weighted by Gasteiger charge is 2.12. The lowest BCUT2D eigenvalue weighted by atomic mass is 9.96. The van der Waals surface area contributed by atoms with Crippen LogP contribution in [0.15, 0.2) is 22.7 Å². The van der Waals surface area contributed by atoms with Gasteiger partial charge in [-0.3, -0.25) is 0 Å². The fraction of sp³-hybridized carbons (Fsp3) is 0.533. The molecule has 3 N–H and O–H groups in total. The largest absolute Gasteiger partial charge is 0.389 e. The maximum atomic E-state index is 5.65. The van der Waals surface area contributed by atoms with Crippen molar-refractivity contribution in [2.24, 2.45) is 5.73 Å². The normalized spacial score (nSPS) is 17.5. The molecule has 0 amide bonds. The van der Waals surface area contributed by atoms with Crippen molar-refractivity contribution in [1.82, 2.24) is 0 Å². The van der Waals surface area contributed by atoms with Crippen molar-refractivity contribution in [3.8, 4) is 0 Å². The topological polar surface area (TPSA) is 38.0 Å². The van der Waals surface area contributed by atoms with Gasteiger partial charge in [0.2, 0.25) is 0 Å². The minimum Gasteiger partial charge on any atom is -0.389 e. The second kappa shape index (κ2) is 7.25. The van der Waals surface area contributed by atoms with Crippen LogP contribution >= 0.6 is 28.1 Å². The molecule has 0 radical (unpaired) electrons. The van der Waals surface area contributed by atoms with E-state index in [-0.39, 0.29) is 0 Å². The number of thiocarbonyl (C=S) groups is 1. The molecular weight excluding hydrogens is 320 g/mol. The van der Waals surface area contributed by atoms with E-state index in [1.54, 1.807) is 0 Å². The van der Waals surface area contributed by atoms with Gasteiger partial charge in [-0.2, -0.15) is 0 Å². The Morgan fingerprint density at radius 3 is 2.37 bits per heavy atom. The van der Waals surface area contributed by atoms with Crippen molar-refractivity contribution in [2.45, 2.75) is 51.0 Å². The Labute approximate surface area is 129 Å². The zero-order chi connectivity index (χ0) is 13.7. The highest BCUT2D eigenvalue weighted by molar-refractivity contribution is 9.10. The third kappa shape index (κ3) is 4.46. The van der Waals surface area contributed by atoms with E-state index in [2.05, 4.69) is 27.3 Å². The van der Waals surface area contributed by atoms with E-state index in [1.165, 1.54) is 44.9 Å². The Morgan fingerprint density at radius 2 is 1.79 bits per heavy atom. The Hall–Kier alpha value is -0.610. The summed E-state index contributed by atoms with van der Waals surface area (Å²) < 4.78 is 1.04. The number of benzene rings is 1. The first kappa shape index (κ1) is 14.8. The third-order valence-electron chi connectivity index (χ3n) is 3.72. The molecule has 1 aromatic carbocycles. The maximum Gasteiger partial charge on any atom is 0.104 e. The first-order chi connectivity index (χ1) is 9.16. The summed E-state index contributed by atoms with van der Waals surface area (Å²) in [4.78, 5) is 0.443. The lowest BCUT2D eigenvalue weighted by Gasteiger charge is -2.23. The molecule has 2 rings (SSSR count). The molecule has 104 valence electrons. The molecular formula is C15H21BrN2S. The Kier molecular flexibility index (Phi) is 5.64. The van der Waals surface area contributed by atoms with Crippen LogP contribution in [0.2, 0.25) is 0 Å². The van der Waals surface area contributed by atoms with Gasteiger partial charge in [-0.15, -0.1) is 0 Å². The molecule has 19 heavy (non-hydrogen) atoms. The van der Waals surface area contributed by atoms with Crippen LogP contribution in [-0.4, -0.2) is 11.0 Å². The molecule has 0 spiro atoms. The third-order valence-corrected chi connectivity index (χ3v) is 4.61. The summed E-state index contributed by atoms with van der Waals surface area (Å²) in [5, 5.41) is 3.65. The molecule has 1 fully saturated rings. The maximum absolute atomic E-state index is 5.65. The first-order valence-corrected chi connectivity index (χ1v) is 8.23. The van der Waals surface area contributed by atoms with Gasteiger partial charge in [0.25, 0.3) is 0 Å². The lowest BCUT2D eigenvalue weighted by Crippen LogP contribution is -2.21. The van der Waals surface area contributed by atoms with Crippen molar-refractivity contribution in [1.29, 1.82) is 0 Å². The molecule has 0 atom stereocenters. The number of halogens is 1. The van der Waals surface area contributed by atoms with Gasteiger partial charge in [-0.1, -0.05) is 44.3 Å². The quantitative estimate of drug-likeness (QED) is 0.789. The standard InChI is InChI=1S/C15H21BrN2S/c16-13-10-11(15(17)19)8-9-14(13)18-12-6-4-2-1-3-5-7-12/h8-10,12,18H,1-7H2,(H2,17,19). The van der Waals surface area contributed by atoms with Crippen molar-refractivity contribution in [3.05, 3.63) is 28.2 Å². The van der Waals surface area contributed by atoms with E-state index < -0.39 is 0 Å². The van der Waals surface area contributed by atoms with Crippen molar-refractivity contribution >= 4 is 38.8 Å². The highest BCUT2D eigenvalue weighted by atomic mass is 79.9. The summed E-state index contributed by atoms with van der Waals surface area (Å²) in [7, 11) is 0. The summed E-state index contributed by atoms with van der Waals surface area (Å²) in [5.74, 6) is 0. The van der Waals surface area contributed by atoms with Crippen LogP contribution < -0.4 is 11.1 Å². The average molecular weight is 341 g/mol. The smallest absolute Gasteiger partial charge is 0.104 e. The molecule has 0 unspecified atom stereocenters. The number of hydrogen-bond donors (Lipinski definition) is 2. The summed E-state index contributed by atoms with van der Waals surface area (Å²) in [6.45, 7) is 0. The summed E-state index contributed by atoms with van der Waals surface area (Å²) in [6.07, 6.45) is 9.35. The molecule has 4 heteroatoms. The van der Waals surface area contributed by atoms with Gasteiger partial charge in [0.05, 0.1) is 0 Å². The molecule has 1 saturated carbocycles. The zero-order valence-electron chi connectivity index (χ0n) is 11.1. The Morgan fingerprint density at radius 1 is 1.16 bits per heavy atom. The second-order valence-corrected chi connectivity index (χ2v) is 6.54. The molecule has 2 nitrogen and oxygen atoms in total. The van der Waals surface area contributed by atoms with E-state index >= 15 is 0 Å². The summed E-state index contributed by atoms with van der Waals surface area (Å²) in [6, 6.07) is 6.63. The van der Waals surface area contributed by atoms with Gasteiger partial charge in [0, 0.05) is 21.8 Å². The first-order valence-electron chi connectivity index (χ1n) is 7.02. The van der Waals surface area contributed by atoms with E-state index in [0.29, 0.717) is 11.0 Å². The van der Waals surface area contributed by atoms with Crippen LogP contribution in [-0.2, 0) is 0 Å². The van der Waals surface area contributed by atoms with Gasteiger partial charge < -0.3 is 11.1 Å². The van der Waals surface area contributed by atoms with Crippen molar-refractivity contribution in [2.75, 3.05) is 5.32 Å². The van der Waals surface area contributed by atoms with Crippen LogP contribution in [0.1, 0.15) is 50.5 Å².